The molecule has 0 radical (unpaired) electrons. The molecule has 1 unspecified atom stereocenters. The maximum Gasteiger partial charge on any atom is 0.242 e. The minimum Gasteiger partial charge on any atom is -0.497 e. The van der Waals surface area contributed by atoms with E-state index in [9.17, 15) is 9.59 Å². The third-order valence-corrected chi connectivity index (χ3v) is 6.74. The number of hydrogen-bond acceptors (Lipinski definition) is 7. The summed E-state index contributed by atoms with van der Waals surface area (Å²) < 4.78 is 15.6. The predicted molar refractivity (Wildman–Crippen MR) is 141 cm³/mol. The van der Waals surface area contributed by atoms with Crippen molar-refractivity contribution in [1.29, 1.82) is 0 Å². The molecule has 8 nitrogen and oxygen atoms in total. The second-order valence-corrected chi connectivity index (χ2v) is 9.12. The third-order valence-electron chi connectivity index (χ3n) is 5.56. The van der Waals surface area contributed by atoms with E-state index in [1.807, 2.05) is 48.5 Å². The van der Waals surface area contributed by atoms with E-state index in [4.69, 9.17) is 19.2 Å². The van der Waals surface area contributed by atoms with Crippen LogP contribution in [0.4, 0.5) is 11.4 Å². The molecule has 1 atom stereocenters. The first-order valence-corrected chi connectivity index (χ1v) is 12.1. The number of carbonyl (C=O) groups is 2. The summed E-state index contributed by atoms with van der Waals surface area (Å²) in [4.78, 5) is 32.5. The molecule has 0 aliphatic carbocycles. The van der Waals surface area contributed by atoms with Crippen molar-refractivity contribution in [3.63, 3.8) is 0 Å². The van der Waals surface area contributed by atoms with Gasteiger partial charge in [-0.05, 0) is 66.2 Å². The lowest BCUT2D eigenvalue weighted by Crippen LogP contribution is -2.33. The number of amides is 2. The number of nitrogens with zero attached hydrogens (tertiary/aromatic N) is 2. The van der Waals surface area contributed by atoms with Crippen molar-refractivity contribution in [1.82, 2.24) is 4.90 Å². The number of benzene rings is 3. The third kappa shape index (κ3) is 6.17. The lowest BCUT2D eigenvalue weighted by molar-refractivity contribution is -0.128. The molecule has 9 heteroatoms. The Bertz CT molecular complexity index is 1230. The first-order chi connectivity index (χ1) is 17.5. The van der Waals surface area contributed by atoms with Gasteiger partial charge in [-0.1, -0.05) is 23.9 Å². The number of amidine groups is 1. The van der Waals surface area contributed by atoms with E-state index in [2.05, 4.69) is 5.32 Å². The van der Waals surface area contributed by atoms with Gasteiger partial charge in [-0.25, -0.2) is 4.99 Å². The molecule has 0 saturated carbocycles. The van der Waals surface area contributed by atoms with Crippen molar-refractivity contribution in [2.75, 3.05) is 26.6 Å². The number of methoxy groups -OCH3 is 3. The maximum atomic E-state index is 13.4. The summed E-state index contributed by atoms with van der Waals surface area (Å²) in [6.45, 7) is 0.335. The van der Waals surface area contributed by atoms with Crippen LogP contribution in [-0.2, 0) is 16.1 Å². The first kappa shape index (κ1) is 25.1. The normalized spacial score (nSPS) is 16.2. The lowest BCUT2D eigenvalue weighted by atomic mass is 10.2. The number of rotatable bonds is 9. The molecule has 1 saturated heterocycles. The van der Waals surface area contributed by atoms with Crippen LogP contribution in [0.2, 0.25) is 0 Å². The minimum absolute atomic E-state index is 0.0241. The van der Waals surface area contributed by atoms with E-state index in [1.165, 1.54) is 11.8 Å². The highest BCUT2D eigenvalue weighted by Gasteiger charge is 2.39. The summed E-state index contributed by atoms with van der Waals surface area (Å²) in [5.74, 6) is 1.75. The fourth-order valence-electron chi connectivity index (χ4n) is 3.61. The summed E-state index contributed by atoms with van der Waals surface area (Å²) in [5, 5.41) is 2.81. The Morgan fingerprint density at radius 2 is 1.39 bits per heavy atom. The Labute approximate surface area is 214 Å². The molecule has 36 heavy (non-hydrogen) atoms. The van der Waals surface area contributed by atoms with Gasteiger partial charge in [0.1, 0.15) is 22.5 Å². The van der Waals surface area contributed by atoms with Gasteiger partial charge in [-0.15, -0.1) is 0 Å². The van der Waals surface area contributed by atoms with Crippen LogP contribution in [0.25, 0.3) is 0 Å². The quantitative estimate of drug-likeness (QED) is 0.446. The van der Waals surface area contributed by atoms with Crippen LogP contribution in [0.1, 0.15) is 12.0 Å². The molecule has 1 aliphatic rings. The number of ether oxygens (including phenoxy) is 3. The Morgan fingerprint density at radius 3 is 1.94 bits per heavy atom. The molecule has 3 aromatic rings. The van der Waals surface area contributed by atoms with Crippen molar-refractivity contribution in [2.24, 2.45) is 4.99 Å². The van der Waals surface area contributed by atoms with Crippen molar-refractivity contribution in [3.05, 3.63) is 78.4 Å². The molecular formula is C27H27N3O5S. The van der Waals surface area contributed by atoms with E-state index in [-0.39, 0.29) is 18.2 Å². The molecule has 0 aromatic heterocycles. The molecule has 3 aromatic carbocycles. The predicted octanol–water partition coefficient (Wildman–Crippen LogP) is 4.87. The van der Waals surface area contributed by atoms with Crippen molar-refractivity contribution < 1.29 is 23.8 Å². The highest BCUT2D eigenvalue weighted by molar-refractivity contribution is 8.15. The molecule has 0 spiro atoms. The number of hydrogen-bond donors (Lipinski definition) is 1. The van der Waals surface area contributed by atoms with Crippen LogP contribution in [0.3, 0.4) is 0 Å². The zero-order valence-corrected chi connectivity index (χ0v) is 21.1. The smallest absolute Gasteiger partial charge is 0.242 e. The molecule has 1 N–H and O–H groups in total. The molecule has 1 aliphatic heterocycles. The summed E-state index contributed by atoms with van der Waals surface area (Å²) in [6, 6.07) is 21.8. The lowest BCUT2D eigenvalue weighted by Gasteiger charge is -2.17. The van der Waals surface area contributed by atoms with Gasteiger partial charge in [0.2, 0.25) is 11.8 Å². The van der Waals surface area contributed by atoms with Gasteiger partial charge < -0.3 is 19.5 Å². The summed E-state index contributed by atoms with van der Waals surface area (Å²) in [6.07, 6.45) is 0.0241. The van der Waals surface area contributed by atoms with E-state index in [0.29, 0.717) is 28.8 Å². The summed E-state index contributed by atoms with van der Waals surface area (Å²) in [7, 11) is 4.79. The molecule has 0 bridgehead atoms. The minimum atomic E-state index is -0.585. The standard InChI is InChI=1S/C27H27N3O5S/c1-33-21-10-4-18(5-11-21)17-30-26(32)24(16-25(31)28-19-6-12-22(34-2)13-7-19)36-27(30)29-20-8-14-23(35-3)15-9-20/h4-15,24H,16-17H2,1-3H3,(H,28,31). The summed E-state index contributed by atoms with van der Waals surface area (Å²) in [5.41, 5.74) is 2.25. The van der Waals surface area contributed by atoms with Gasteiger partial charge in [0.05, 0.1) is 33.6 Å². The van der Waals surface area contributed by atoms with E-state index >= 15 is 0 Å². The highest BCUT2D eigenvalue weighted by Crippen LogP contribution is 2.33. The van der Waals surface area contributed by atoms with Gasteiger partial charge in [-0.3, -0.25) is 14.5 Å². The Balaban J connectivity index is 1.52. The first-order valence-electron chi connectivity index (χ1n) is 11.3. The van der Waals surface area contributed by atoms with Crippen LogP contribution in [-0.4, -0.2) is 48.5 Å². The number of aliphatic imine (C=N–C) groups is 1. The van der Waals surface area contributed by atoms with E-state index < -0.39 is 5.25 Å². The molecule has 2 amide bonds. The Kier molecular flexibility index (Phi) is 8.12. The SMILES string of the molecule is COc1ccc(CN2C(=O)C(CC(=O)Nc3ccc(OC)cc3)SC2=Nc2ccc(OC)cc2)cc1. The zero-order chi connectivity index (χ0) is 25.5. The van der Waals surface area contributed by atoms with Gasteiger partial charge in [0.15, 0.2) is 5.17 Å². The molecule has 186 valence electrons. The van der Waals surface area contributed by atoms with Crippen LogP contribution in [0.15, 0.2) is 77.8 Å². The van der Waals surface area contributed by atoms with E-state index in [0.717, 1.165) is 17.1 Å². The fraction of sp³-hybridized carbons (Fsp3) is 0.222. The van der Waals surface area contributed by atoms with E-state index in [1.54, 1.807) is 50.5 Å². The van der Waals surface area contributed by atoms with Gasteiger partial charge in [0.25, 0.3) is 0 Å². The zero-order valence-electron chi connectivity index (χ0n) is 20.3. The maximum absolute atomic E-state index is 13.4. The van der Waals surface area contributed by atoms with Crippen molar-refractivity contribution >= 4 is 40.1 Å². The monoisotopic (exact) mass is 505 g/mol. The second kappa shape index (κ2) is 11.6. The highest BCUT2D eigenvalue weighted by atomic mass is 32.2. The fourth-order valence-corrected chi connectivity index (χ4v) is 4.76. The van der Waals surface area contributed by atoms with Crippen molar-refractivity contribution in [2.45, 2.75) is 18.2 Å². The summed E-state index contributed by atoms with van der Waals surface area (Å²) >= 11 is 1.29. The van der Waals surface area contributed by atoms with Gasteiger partial charge >= 0.3 is 0 Å². The van der Waals surface area contributed by atoms with Crippen molar-refractivity contribution in [3.8, 4) is 17.2 Å². The Morgan fingerprint density at radius 1 is 0.861 bits per heavy atom. The van der Waals surface area contributed by atoms with Crippen LogP contribution in [0, 0.1) is 0 Å². The number of carbonyl (C=O) groups excluding carboxylic acids is 2. The van der Waals surface area contributed by atoms with Crippen LogP contribution >= 0.6 is 11.8 Å². The molecule has 1 fully saturated rings. The Hall–Kier alpha value is -3.98. The van der Waals surface area contributed by atoms with Gasteiger partial charge in [0, 0.05) is 12.1 Å². The molecular weight excluding hydrogens is 478 g/mol. The van der Waals surface area contributed by atoms with Crippen LogP contribution in [0.5, 0.6) is 17.2 Å². The number of thioether (sulfide) groups is 1. The van der Waals surface area contributed by atoms with Crippen LogP contribution < -0.4 is 19.5 Å². The topological polar surface area (TPSA) is 89.5 Å². The number of anilines is 1. The largest absolute Gasteiger partial charge is 0.497 e. The average Bonchev–Trinajstić information content (AvgIpc) is 3.18. The molecule has 1 heterocycles. The number of nitrogens with one attached hydrogen (secondary N) is 1. The second-order valence-electron chi connectivity index (χ2n) is 7.95. The van der Waals surface area contributed by atoms with Gasteiger partial charge in [-0.2, -0.15) is 0 Å². The average molecular weight is 506 g/mol. The molecule has 4 rings (SSSR count).